The maximum atomic E-state index is 11.5. The summed E-state index contributed by atoms with van der Waals surface area (Å²) in [5.74, 6) is 1.25. The molecular weight excluding hydrogens is 234 g/mol. The molecule has 0 spiro atoms. The van der Waals surface area contributed by atoms with Gasteiger partial charge in [0.15, 0.2) is 0 Å². The van der Waals surface area contributed by atoms with Gasteiger partial charge < -0.3 is 4.74 Å². The summed E-state index contributed by atoms with van der Waals surface area (Å²) < 4.78 is 17.0. The van der Waals surface area contributed by atoms with Crippen LogP contribution in [0.4, 0.5) is 0 Å². The third kappa shape index (κ3) is 4.58. The quantitative estimate of drug-likeness (QED) is 0.730. The number of hydrogen-bond donors (Lipinski definition) is 0. The second-order valence-corrected chi connectivity index (χ2v) is 6.06. The van der Waals surface area contributed by atoms with Crippen molar-refractivity contribution in [3.63, 3.8) is 0 Å². The number of ether oxygens (including phenoxy) is 1. The lowest BCUT2D eigenvalue weighted by Gasteiger charge is -2.08. The molecule has 0 fully saturated rings. The van der Waals surface area contributed by atoms with E-state index in [1.165, 1.54) is 0 Å². The molecule has 0 bridgehead atoms. The first-order valence-corrected chi connectivity index (χ1v) is 7.02. The Balaban J connectivity index is 2.37. The van der Waals surface area contributed by atoms with Crippen molar-refractivity contribution in [2.24, 2.45) is 0 Å². The maximum absolute atomic E-state index is 11.5. The zero-order chi connectivity index (χ0) is 12.7. The SMILES string of the molecule is CC(C)S(=O)CCCOc1ccccc1C#N. The molecule has 0 N–H and O–H groups in total. The Hall–Kier alpha value is -1.34. The summed E-state index contributed by atoms with van der Waals surface area (Å²) in [6, 6.07) is 9.22. The van der Waals surface area contributed by atoms with Crippen LogP contribution < -0.4 is 4.74 Å². The molecule has 3 nitrogen and oxygen atoms in total. The Morgan fingerprint density at radius 2 is 2.12 bits per heavy atom. The van der Waals surface area contributed by atoms with Gasteiger partial charge in [0.2, 0.25) is 0 Å². The zero-order valence-corrected chi connectivity index (χ0v) is 11.0. The summed E-state index contributed by atoms with van der Waals surface area (Å²) in [6.07, 6.45) is 0.741. The fourth-order valence-electron chi connectivity index (χ4n) is 1.30. The highest BCUT2D eigenvalue weighted by Crippen LogP contribution is 2.16. The van der Waals surface area contributed by atoms with E-state index in [9.17, 15) is 4.21 Å². The number of nitrogens with zero attached hydrogens (tertiary/aromatic N) is 1. The molecule has 1 unspecified atom stereocenters. The molecule has 0 amide bonds. The molecule has 0 aliphatic heterocycles. The molecule has 0 aromatic heterocycles. The molecule has 4 heteroatoms. The Morgan fingerprint density at radius 3 is 2.76 bits per heavy atom. The third-order valence-corrected chi connectivity index (χ3v) is 4.02. The second kappa shape index (κ2) is 7.08. The maximum Gasteiger partial charge on any atom is 0.137 e. The van der Waals surface area contributed by atoms with Crippen LogP contribution in [0.1, 0.15) is 25.8 Å². The van der Waals surface area contributed by atoms with Crippen molar-refractivity contribution >= 4 is 10.8 Å². The predicted molar refractivity (Wildman–Crippen MR) is 69.4 cm³/mol. The lowest BCUT2D eigenvalue weighted by atomic mass is 10.2. The third-order valence-electron chi connectivity index (χ3n) is 2.28. The van der Waals surface area contributed by atoms with Gasteiger partial charge in [0.25, 0.3) is 0 Å². The van der Waals surface area contributed by atoms with E-state index >= 15 is 0 Å². The summed E-state index contributed by atoms with van der Waals surface area (Å²) in [5.41, 5.74) is 0.539. The van der Waals surface area contributed by atoms with Crippen LogP contribution in [-0.4, -0.2) is 21.8 Å². The van der Waals surface area contributed by atoms with Crippen molar-refractivity contribution in [3.05, 3.63) is 29.8 Å². The summed E-state index contributed by atoms with van der Waals surface area (Å²) >= 11 is 0. The van der Waals surface area contributed by atoms with Crippen LogP contribution in [0.2, 0.25) is 0 Å². The Bertz CT molecular complexity index is 424. The smallest absolute Gasteiger partial charge is 0.137 e. The molecule has 0 aliphatic carbocycles. The minimum Gasteiger partial charge on any atom is -0.492 e. The molecule has 0 saturated carbocycles. The van der Waals surface area contributed by atoms with E-state index < -0.39 is 10.8 Å². The average molecular weight is 251 g/mol. The normalized spacial score (nSPS) is 12.1. The number of nitriles is 1. The van der Waals surface area contributed by atoms with Gasteiger partial charge >= 0.3 is 0 Å². The van der Waals surface area contributed by atoms with E-state index in [1.54, 1.807) is 18.2 Å². The molecule has 0 aliphatic rings. The van der Waals surface area contributed by atoms with Gasteiger partial charge in [-0.25, -0.2) is 0 Å². The van der Waals surface area contributed by atoms with Gasteiger partial charge in [-0.05, 0) is 18.6 Å². The molecule has 1 atom stereocenters. The first kappa shape index (κ1) is 13.7. The van der Waals surface area contributed by atoms with E-state index in [2.05, 4.69) is 6.07 Å². The molecular formula is C13H17NO2S. The summed E-state index contributed by atoms with van der Waals surface area (Å²) in [6.45, 7) is 4.39. The van der Waals surface area contributed by atoms with Gasteiger partial charge in [0.05, 0.1) is 12.2 Å². The number of benzene rings is 1. The van der Waals surface area contributed by atoms with Gasteiger partial charge in [-0.1, -0.05) is 26.0 Å². The highest BCUT2D eigenvalue weighted by atomic mass is 32.2. The Kier molecular flexibility index (Phi) is 5.71. The summed E-state index contributed by atoms with van der Waals surface area (Å²) in [5, 5.41) is 9.05. The fourth-order valence-corrected chi connectivity index (χ4v) is 2.18. The summed E-state index contributed by atoms with van der Waals surface area (Å²) in [4.78, 5) is 0. The molecule has 1 rings (SSSR count). The van der Waals surface area contributed by atoms with Crippen LogP contribution in [-0.2, 0) is 10.8 Å². The van der Waals surface area contributed by atoms with Gasteiger partial charge in [-0.2, -0.15) is 5.26 Å². The molecule has 0 heterocycles. The van der Waals surface area contributed by atoms with Crippen LogP contribution in [0, 0.1) is 11.3 Å². The van der Waals surface area contributed by atoms with Crippen LogP contribution >= 0.6 is 0 Å². The summed E-state index contributed by atoms with van der Waals surface area (Å²) in [7, 11) is -0.782. The van der Waals surface area contributed by atoms with Crippen LogP contribution in [0.25, 0.3) is 0 Å². The van der Waals surface area contributed by atoms with Crippen LogP contribution in [0.3, 0.4) is 0 Å². The highest BCUT2D eigenvalue weighted by Gasteiger charge is 2.05. The van der Waals surface area contributed by atoms with Gasteiger partial charge in [-0.3, -0.25) is 4.21 Å². The monoisotopic (exact) mass is 251 g/mol. The van der Waals surface area contributed by atoms with E-state index in [1.807, 2.05) is 19.9 Å². The Morgan fingerprint density at radius 1 is 1.41 bits per heavy atom. The topological polar surface area (TPSA) is 50.1 Å². The first-order chi connectivity index (χ1) is 8.15. The highest BCUT2D eigenvalue weighted by molar-refractivity contribution is 7.85. The van der Waals surface area contributed by atoms with Gasteiger partial charge in [0.1, 0.15) is 11.8 Å². The number of rotatable bonds is 6. The van der Waals surface area contributed by atoms with Crippen molar-refractivity contribution in [1.29, 1.82) is 5.26 Å². The molecule has 1 aromatic carbocycles. The number of para-hydroxylation sites is 1. The fraction of sp³-hybridized carbons (Fsp3) is 0.462. The first-order valence-electron chi connectivity index (χ1n) is 5.64. The standard InChI is InChI=1S/C13H17NO2S/c1-11(2)17(15)9-5-8-16-13-7-4-3-6-12(13)10-14/h3-4,6-7,11H,5,8-9H2,1-2H3. The van der Waals surface area contributed by atoms with Crippen molar-refractivity contribution in [2.45, 2.75) is 25.5 Å². The van der Waals surface area contributed by atoms with Crippen molar-refractivity contribution < 1.29 is 8.95 Å². The van der Waals surface area contributed by atoms with Gasteiger partial charge in [-0.15, -0.1) is 0 Å². The van der Waals surface area contributed by atoms with Crippen LogP contribution in [0.15, 0.2) is 24.3 Å². The minimum atomic E-state index is -0.782. The minimum absolute atomic E-state index is 0.196. The molecule has 0 saturated heterocycles. The van der Waals surface area contributed by atoms with Crippen LogP contribution in [0.5, 0.6) is 5.75 Å². The lowest BCUT2D eigenvalue weighted by Crippen LogP contribution is -2.12. The second-order valence-electron chi connectivity index (χ2n) is 3.94. The molecule has 0 radical (unpaired) electrons. The van der Waals surface area contributed by atoms with Crippen molar-refractivity contribution in [2.75, 3.05) is 12.4 Å². The Labute approximate surface area is 105 Å². The van der Waals surface area contributed by atoms with Crippen molar-refractivity contribution in [1.82, 2.24) is 0 Å². The van der Waals surface area contributed by atoms with E-state index in [0.29, 0.717) is 23.7 Å². The average Bonchev–Trinajstić information content (AvgIpc) is 2.34. The molecule has 1 aromatic rings. The van der Waals surface area contributed by atoms with E-state index in [4.69, 9.17) is 10.00 Å². The zero-order valence-electron chi connectivity index (χ0n) is 10.2. The molecule has 92 valence electrons. The number of hydrogen-bond acceptors (Lipinski definition) is 3. The largest absolute Gasteiger partial charge is 0.492 e. The van der Waals surface area contributed by atoms with E-state index in [0.717, 1.165) is 6.42 Å². The molecule has 17 heavy (non-hydrogen) atoms. The van der Waals surface area contributed by atoms with E-state index in [-0.39, 0.29) is 5.25 Å². The van der Waals surface area contributed by atoms with Crippen molar-refractivity contribution in [3.8, 4) is 11.8 Å². The van der Waals surface area contributed by atoms with Gasteiger partial charge in [0, 0.05) is 21.8 Å². The predicted octanol–water partition coefficient (Wildman–Crippen LogP) is 2.48. The lowest BCUT2D eigenvalue weighted by molar-refractivity contribution is 0.317.